The summed E-state index contributed by atoms with van der Waals surface area (Å²) < 4.78 is 5.94. The molecule has 0 aromatic carbocycles. The van der Waals surface area contributed by atoms with Gasteiger partial charge in [-0.3, -0.25) is 4.79 Å². The molecule has 0 aromatic heterocycles. The number of hydrogen-bond acceptors (Lipinski definition) is 2. The van der Waals surface area contributed by atoms with Crippen LogP contribution < -0.4 is 0 Å². The first-order valence-corrected chi connectivity index (χ1v) is 5.31. The predicted octanol–water partition coefficient (Wildman–Crippen LogP) is 2.59. The van der Waals surface area contributed by atoms with Gasteiger partial charge in [0.05, 0.1) is 17.6 Å². The fraction of sp³-hybridized carbons (Fsp3) is 0.909. The number of ether oxygens (including phenoxy) is 1. The van der Waals surface area contributed by atoms with Crippen molar-refractivity contribution in [3.05, 3.63) is 0 Å². The molecule has 0 radical (unpaired) electrons. The van der Waals surface area contributed by atoms with Crippen LogP contribution in [0.1, 0.15) is 52.9 Å². The molecule has 1 N–H and O–H groups in total. The lowest BCUT2D eigenvalue weighted by atomic mass is 9.77. The lowest BCUT2D eigenvalue weighted by Gasteiger charge is -2.46. The fourth-order valence-corrected chi connectivity index (χ4v) is 1.82. The quantitative estimate of drug-likeness (QED) is 0.742. The summed E-state index contributed by atoms with van der Waals surface area (Å²) in [5.74, 6) is -0.753. The number of hydrogen-bond donors (Lipinski definition) is 1. The average Bonchev–Trinajstić information content (AvgIpc) is 1.99. The molecule has 3 heteroatoms. The van der Waals surface area contributed by atoms with Crippen molar-refractivity contribution in [2.24, 2.45) is 0 Å². The Kier molecular flexibility index (Phi) is 3.20. The van der Waals surface area contributed by atoms with Crippen LogP contribution in [0.2, 0.25) is 0 Å². The fourth-order valence-electron chi connectivity index (χ4n) is 1.82. The van der Waals surface area contributed by atoms with E-state index in [-0.39, 0.29) is 17.6 Å². The van der Waals surface area contributed by atoms with Crippen molar-refractivity contribution in [1.82, 2.24) is 0 Å². The van der Waals surface area contributed by atoms with Gasteiger partial charge < -0.3 is 9.84 Å². The average molecular weight is 200 g/mol. The molecule has 0 amide bonds. The normalized spacial score (nSPS) is 20.2. The Morgan fingerprint density at radius 2 is 2.07 bits per heavy atom. The second-order valence-corrected chi connectivity index (χ2v) is 4.82. The number of carboxylic acids is 1. The van der Waals surface area contributed by atoms with Crippen LogP contribution in [-0.4, -0.2) is 22.3 Å². The zero-order valence-corrected chi connectivity index (χ0v) is 9.30. The molecule has 0 unspecified atom stereocenters. The maximum absolute atomic E-state index is 10.7. The first-order chi connectivity index (χ1) is 6.39. The highest BCUT2D eigenvalue weighted by Gasteiger charge is 2.43. The molecule has 1 aliphatic rings. The van der Waals surface area contributed by atoms with Crippen LogP contribution in [0.3, 0.4) is 0 Å². The topological polar surface area (TPSA) is 46.5 Å². The molecule has 0 aliphatic heterocycles. The van der Waals surface area contributed by atoms with Crippen LogP contribution in [0.25, 0.3) is 0 Å². The van der Waals surface area contributed by atoms with Gasteiger partial charge >= 0.3 is 5.97 Å². The number of carboxylic acid groups (broad SMARTS) is 1. The third kappa shape index (κ3) is 2.71. The zero-order valence-electron chi connectivity index (χ0n) is 9.30. The molecule has 0 spiro atoms. The maximum atomic E-state index is 10.7. The highest BCUT2D eigenvalue weighted by Crippen LogP contribution is 2.42. The molecule has 1 saturated carbocycles. The van der Waals surface area contributed by atoms with Crippen LogP contribution >= 0.6 is 0 Å². The van der Waals surface area contributed by atoms with Crippen molar-refractivity contribution in [3.63, 3.8) is 0 Å². The van der Waals surface area contributed by atoms with Crippen molar-refractivity contribution in [1.29, 1.82) is 0 Å². The van der Waals surface area contributed by atoms with Gasteiger partial charge in [0.15, 0.2) is 0 Å². The number of carbonyl (C=O) groups is 1. The second kappa shape index (κ2) is 3.89. The van der Waals surface area contributed by atoms with E-state index in [1.807, 2.05) is 13.8 Å². The summed E-state index contributed by atoms with van der Waals surface area (Å²) in [5.41, 5.74) is -0.568. The summed E-state index contributed by atoms with van der Waals surface area (Å²) in [6.45, 7) is 6.11. The summed E-state index contributed by atoms with van der Waals surface area (Å²) in [4.78, 5) is 10.7. The van der Waals surface area contributed by atoms with Crippen LogP contribution in [0.4, 0.5) is 0 Å². The Morgan fingerprint density at radius 1 is 1.50 bits per heavy atom. The summed E-state index contributed by atoms with van der Waals surface area (Å²) in [6.07, 6.45) is 3.93. The second-order valence-electron chi connectivity index (χ2n) is 4.82. The molecule has 0 bridgehead atoms. The molecule has 3 nitrogen and oxygen atoms in total. The number of aliphatic carboxylic acids is 1. The van der Waals surface area contributed by atoms with Crippen molar-refractivity contribution >= 4 is 5.97 Å². The molecule has 0 heterocycles. The molecular weight excluding hydrogens is 180 g/mol. The van der Waals surface area contributed by atoms with E-state index in [9.17, 15) is 4.79 Å². The van der Waals surface area contributed by atoms with E-state index in [0.717, 1.165) is 25.7 Å². The molecule has 82 valence electrons. The van der Waals surface area contributed by atoms with Gasteiger partial charge in [0, 0.05) is 0 Å². The van der Waals surface area contributed by atoms with Gasteiger partial charge in [0.1, 0.15) is 0 Å². The van der Waals surface area contributed by atoms with E-state index in [4.69, 9.17) is 9.84 Å². The Hall–Kier alpha value is -0.570. The van der Waals surface area contributed by atoms with E-state index in [2.05, 4.69) is 6.92 Å². The summed E-state index contributed by atoms with van der Waals surface area (Å²) in [7, 11) is 0. The highest BCUT2D eigenvalue weighted by atomic mass is 16.5. The van der Waals surface area contributed by atoms with E-state index in [0.29, 0.717) is 0 Å². The largest absolute Gasteiger partial charge is 0.481 e. The molecule has 0 saturated heterocycles. The monoisotopic (exact) mass is 200 g/mol. The Morgan fingerprint density at radius 3 is 2.36 bits per heavy atom. The SMILES string of the molecule is CCC(C)(C)OC1(CC(=O)O)CCC1. The van der Waals surface area contributed by atoms with Crippen molar-refractivity contribution < 1.29 is 14.6 Å². The third-order valence-electron chi connectivity index (χ3n) is 3.08. The van der Waals surface area contributed by atoms with Gasteiger partial charge in [-0.1, -0.05) is 6.92 Å². The van der Waals surface area contributed by atoms with Crippen molar-refractivity contribution in [2.45, 2.75) is 64.1 Å². The standard InChI is InChI=1S/C11H20O3/c1-4-10(2,3)14-11(6-5-7-11)8-9(12)13/h4-8H2,1-3H3,(H,12,13). The minimum atomic E-state index is -0.753. The van der Waals surface area contributed by atoms with Gasteiger partial charge in [0.2, 0.25) is 0 Å². The highest BCUT2D eigenvalue weighted by molar-refractivity contribution is 5.68. The molecule has 0 atom stereocenters. The van der Waals surface area contributed by atoms with Crippen LogP contribution in [-0.2, 0) is 9.53 Å². The molecule has 0 aromatic rings. The molecule has 14 heavy (non-hydrogen) atoms. The Balaban J connectivity index is 2.57. The lowest BCUT2D eigenvalue weighted by molar-refractivity contribution is -0.190. The molecule has 1 aliphatic carbocycles. The smallest absolute Gasteiger partial charge is 0.306 e. The Labute approximate surface area is 85.5 Å². The molecular formula is C11H20O3. The maximum Gasteiger partial charge on any atom is 0.306 e. The third-order valence-corrected chi connectivity index (χ3v) is 3.08. The van der Waals surface area contributed by atoms with E-state index in [1.54, 1.807) is 0 Å². The molecule has 1 fully saturated rings. The van der Waals surface area contributed by atoms with Crippen molar-refractivity contribution in [3.8, 4) is 0 Å². The van der Waals surface area contributed by atoms with Gasteiger partial charge in [-0.15, -0.1) is 0 Å². The lowest BCUT2D eigenvalue weighted by Crippen LogP contribution is -2.47. The van der Waals surface area contributed by atoms with Crippen molar-refractivity contribution in [2.75, 3.05) is 0 Å². The summed E-state index contributed by atoms with van der Waals surface area (Å²) in [6, 6.07) is 0. The van der Waals surface area contributed by atoms with Gasteiger partial charge in [-0.05, 0) is 39.5 Å². The minimum Gasteiger partial charge on any atom is -0.481 e. The first kappa shape index (κ1) is 11.5. The number of rotatable bonds is 5. The predicted molar refractivity (Wildman–Crippen MR) is 54.3 cm³/mol. The van der Waals surface area contributed by atoms with Crippen LogP contribution in [0.15, 0.2) is 0 Å². The first-order valence-electron chi connectivity index (χ1n) is 5.31. The molecule has 1 rings (SSSR count). The summed E-state index contributed by atoms with van der Waals surface area (Å²) in [5, 5.41) is 8.80. The van der Waals surface area contributed by atoms with Crippen LogP contribution in [0, 0.1) is 0 Å². The minimum absolute atomic E-state index is 0.149. The Bertz CT molecular complexity index is 217. The van der Waals surface area contributed by atoms with Gasteiger partial charge in [0.25, 0.3) is 0 Å². The zero-order chi connectivity index (χ0) is 10.8. The van der Waals surface area contributed by atoms with E-state index < -0.39 is 5.97 Å². The van der Waals surface area contributed by atoms with Gasteiger partial charge in [-0.25, -0.2) is 0 Å². The van der Waals surface area contributed by atoms with E-state index >= 15 is 0 Å². The van der Waals surface area contributed by atoms with E-state index in [1.165, 1.54) is 0 Å². The summed E-state index contributed by atoms with van der Waals surface area (Å²) >= 11 is 0. The van der Waals surface area contributed by atoms with Crippen LogP contribution in [0.5, 0.6) is 0 Å². The van der Waals surface area contributed by atoms with Gasteiger partial charge in [-0.2, -0.15) is 0 Å².